The summed E-state index contributed by atoms with van der Waals surface area (Å²) in [4.78, 5) is 2.60. The lowest BCUT2D eigenvalue weighted by molar-refractivity contribution is 0.119. The predicted molar refractivity (Wildman–Crippen MR) is 64.8 cm³/mol. The van der Waals surface area contributed by atoms with Crippen LogP contribution in [0.1, 0.15) is 24.1 Å². The number of nitrogens with one attached hydrogen (secondary N) is 1. The van der Waals surface area contributed by atoms with Crippen LogP contribution >= 0.6 is 15.9 Å². The molecule has 0 amide bonds. The standard InChI is InChI=1S/C12H15BrN2/c1-8-5-14-6-12-11-3-2-10(13)4-9(11)7-15(8)12/h2-4,8,12,14H,5-7H2,1H3/t8?,12-/m1/s1. The van der Waals surface area contributed by atoms with Crippen LogP contribution in [0.3, 0.4) is 0 Å². The van der Waals surface area contributed by atoms with Crippen molar-refractivity contribution in [3.8, 4) is 0 Å². The van der Waals surface area contributed by atoms with Gasteiger partial charge < -0.3 is 5.32 Å². The third-order valence-corrected chi connectivity index (χ3v) is 4.05. The Morgan fingerprint density at radius 3 is 3.13 bits per heavy atom. The fourth-order valence-corrected chi connectivity index (χ4v) is 3.17. The van der Waals surface area contributed by atoms with Crippen LogP contribution in [0.2, 0.25) is 0 Å². The first-order chi connectivity index (χ1) is 7.25. The Bertz CT molecular complexity index is 391. The number of hydrogen-bond donors (Lipinski definition) is 1. The van der Waals surface area contributed by atoms with E-state index in [0.29, 0.717) is 12.1 Å². The van der Waals surface area contributed by atoms with E-state index in [1.165, 1.54) is 15.6 Å². The highest BCUT2D eigenvalue weighted by Gasteiger charge is 2.35. The first-order valence-electron chi connectivity index (χ1n) is 5.50. The van der Waals surface area contributed by atoms with Crippen LogP contribution in [0.25, 0.3) is 0 Å². The van der Waals surface area contributed by atoms with Crippen LogP contribution in [0.5, 0.6) is 0 Å². The molecule has 80 valence electrons. The van der Waals surface area contributed by atoms with E-state index < -0.39 is 0 Å². The lowest BCUT2D eigenvalue weighted by Crippen LogP contribution is -2.48. The molecule has 2 atom stereocenters. The molecule has 3 heteroatoms. The Kier molecular flexibility index (Phi) is 2.34. The van der Waals surface area contributed by atoms with Crippen molar-refractivity contribution in [2.75, 3.05) is 13.1 Å². The van der Waals surface area contributed by atoms with Gasteiger partial charge >= 0.3 is 0 Å². The molecule has 0 spiro atoms. The predicted octanol–water partition coefficient (Wildman–Crippen LogP) is 2.30. The first-order valence-corrected chi connectivity index (χ1v) is 6.30. The van der Waals surface area contributed by atoms with Gasteiger partial charge in [0.25, 0.3) is 0 Å². The molecular formula is C12H15BrN2. The number of benzene rings is 1. The van der Waals surface area contributed by atoms with Crippen molar-refractivity contribution in [3.63, 3.8) is 0 Å². The van der Waals surface area contributed by atoms with Crippen LogP contribution < -0.4 is 5.32 Å². The molecule has 1 aromatic rings. The van der Waals surface area contributed by atoms with Crippen LogP contribution in [-0.4, -0.2) is 24.0 Å². The number of rotatable bonds is 0. The second kappa shape index (κ2) is 3.58. The quantitative estimate of drug-likeness (QED) is 0.776. The van der Waals surface area contributed by atoms with E-state index in [-0.39, 0.29) is 0 Å². The molecular weight excluding hydrogens is 252 g/mol. The van der Waals surface area contributed by atoms with Gasteiger partial charge in [0.1, 0.15) is 0 Å². The highest BCUT2D eigenvalue weighted by Crippen LogP contribution is 2.37. The molecule has 1 aromatic carbocycles. The zero-order chi connectivity index (χ0) is 10.4. The first kappa shape index (κ1) is 9.82. The third kappa shape index (κ3) is 1.53. The molecule has 3 rings (SSSR count). The van der Waals surface area contributed by atoms with E-state index >= 15 is 0 Å². The maximum atomic E-state index is 3.55. The van der Waals surface area contributed by atoms with Crippen molar-refractivity contribution in [2.24, 2.45) is 0 Å². The molecule has 0 aliphatic carbocycles. The minimum absolute atomic E-state index is 0.594. The van der Waals surface area contributed by atoms with Gasteiger partial charge in [-0.1, -0.05) is 22.0 Å². The normalized spacial score (nSPS) is 30.0. The molecule has 1 saturated heterocycles. The second-order valence-corrected chi connectivity index (χ2v) is 5.45. The van der Waals surface area contributed by atoms with E-state index in [9.17, 15) is 0 Å². The van der Waals surface area contributed by atoms with Gasteiger partial charge in [0.2, 0.25) is 0 Å². The van der Waals surface area contributed by atoms with Crippen molar-refractivity contribution in [1.82, 2.24) is 10.2 Å². The molecule has 1 unspecified atom stereocenters. The Morgan fingerprint density at radius 1 is 1.40 bits per heavy atom. The lowest BCUT2D eigenvalue weighted by atomic mass is 10.0. The van der Waals surface area contributed by atoms with E-state index in [4.69, 9.17) is 0 Å². The zero-order valence-corrected chi connectivity index (χ0v) is 10.4. The highest BCUT2D eigenvalue weighted by molar-refractivity contribution is 9.10. The summed E-state index contributed by atoms with van der Waals surface area (Å²) in [5.74, 6) is 0. The van der Waals surface area contributed by atoms with Gasteiger partial charge in [0, 0.05) is 36.2 Å². The van der Waals surface area contributed by atoms with Crippen molar-refractivity contribution in [3.05, 3.63) is 33.8 Å². The van der Waals surface area contributed by atoms with Gasteiger partial charge in [-0.3, -0.25) is 4.90 Å². The number of halogens is 1. The molecule has 2 heterocycles. The maximum absolute atomic E-state index is 3.55. The monoisotopic (exact) mass is 266 g/mol. The summed E-state index contributed by atoms with van der Waals surface area (Å²) in [7, 11) is 0. The van der Waals surface area contributed by atoms with Gasteiger partial charge in [0.05, 0.1) is 0 Å². The summed E-state index contributed by atoms with van der Waals surface area (Å²) in [5.41, 5.74) is 3.00. The van der Waals surface area contributed by atoms with Crippen LogP contribution in [0.15, 0.2) is 22.7 Å². The zero-order valence-electron chi connectivity index (χ0n) is 8.83. The topological polar surface area (TPSA) is 15.3 Å². The fourth-order valence-electron chi connectivity index (χ4n) is 2.76. The number of nitrogens with zero attached hydrogens (tertiary/aromatic N) is 1. The van der Waals surface area contributed by atoms with Crippen molar-refractivity contribution < 1.29 is 0 Å². The molecule has 2 aliphatic heterocycles. The average Bonchev–Trinajstić information content (AvgIpc) is 2.57. The van der Waals surface area contributed by atoms with E-state index in [1.54, 1.807) is 0 Å². The molecule has 2 nitrogen and oxygen atoms in total. The van der Waals surface area contributed by atoms with Crippen LogP contribution in [0.4, 0.5) is 0 Å². The van der Waals surface area contributed by atoms with Gasteiger partial charge in [-0.2, -0.15) is 0 Å². The molecule has 0 bridgehead atoms. The molecule has 15 heavy (non-hydrogen) atoms. The van der Waals surface area contributed by atoms with Crippen molar-refractivity contribution in [2.45, 2.75) is 25.6 Å². The Hall–Kier alpha value is -0.380. The van der Waals surface area contributed by atoms with E-state index in [1.807, 2.05) is 0 Å². The van der Waals surface area contributed by atoms with Crippen LogP contribution in [-0.2, 0) is 6.54 Å². The molecule has 1 N–H and O–H groups in total. The Morgan fingerprint density at radius 2 is 2.27 bits per heavy atom. The lowest BCUT2D eigenvalue weighted by Gasteiger charge is -2.36. The van der Waals surface area contributed by atoms with Crippen LogP contribution in [0, 0.1) is 0 Å². The molecule has 0 saturated carbocycles. The maximum Gasteiger partial charge on any atom is 0.0482 e. The SMILES string of the molecule is CC1CNC[C@@H]2c3ccc(Br)cc3CN12. The van der Waals surface area contributed by atoms with Gasteiger partial charge in [0.15, 0.2) is 0 Å². The summed E-state index contributed by atoms with van der Waals surface area (Å²) < 4.78 is 1.20. The molecule has 0 radical (unpaired) electrons. The summed E-state index contributed by atoms with van der Waals surface area (Å²) in [6.45, 7) is 5.63. The summed E-state index contributed by atoms with van der Waals surface area (Å²) in [5, 5.41) is 3.51. The third-order valence-electron chi connectivity index (χ3n) is 3.56. The minimum Gasteiger partial charge on any atom is -0.313 e. The van der Waals surface area contributed by atoms with E-state index in [2.05, 4.69) is 51.3 Å². The summed E-state index contributed by atoms with van der Waals surface area (Å²) in [6.07, 6.45) is 0. The molecule has 2 aliphatic rings. The summed E-state index contributed by atoms with van der Waals surface area (Å²) >= 11 is 3.55. The minimum atomic E-state index is 0.594. The van der Waals surface area contributed by atoms with Crippen molar-refractivity contribution in [1.29, 1.82) is 0 Å². The molecule has 1 fully saturated rings. The van der Waals surface area contributed by atoms with Crippen molar-refractivity contribution >= 4 is 15.9 Å². The second-order valence-electron chi connectivity index (χ2n) is 4.54. The largest absolute Gasteiger partial charge is 0.313 e. The van der Waals surface area contributed by atoms with Gasteiger partial charge in [-0.05, 0) is 30.2 Å². The average molecular weight is 267 g/mol. The fraction of sp³-hybridized carbons (Fsp3) is 0.500. The van der Waals surface area contributed by atoms with Gasteiger partial charge in [-0.15, -0.1) is 0 Å². The van der Waals surface area contributed by atoms with Gasteiger partial charge in [-0.25, -0.2) is 0 Å². The number of fused-ring (bicyclic) bond motifs is 3. The smallest absolute Gasteiger partial charge is 0.0482 e. The molecule has 0 aromatic heterocycles. The number of hydrogen-bond acceptors (Lipinski definition) is 2. The number of piperazine rings is 1. The Labute approximate surface area is 98.8 Å². The van der Waals surface area contributed by atoms with E-state index in [0.717, 1.165) is 19.6 Å². The Balaban J connectivity index is 2.00. The highest BCUT2D eigenvalue weighted by atomic mass is 79.9. The summed E-state index contributed by atoms with van der Waals surface area (Å²) in [6, 6.07) is 7.93.